The van der Waals surface area contributed by atoms with Crippen LogP contribution in [-0.2, 0) is 12.8 Å². The van der Waals surface area contributed by atoms with Crippen molar-refractivity contribution >= 4 is 38.8 Å². The number of imidazole rings is 1. The van der Waals surface area contributed by atoms with E-state index in [-0.39, 0.29) is 0 Å². The quantitative estimate of drug-likeness (QED) is 0.632. The predicted molar refractivity (Wildman–Crippen MR) is 108 cm³/mol. The van der Waals surface area contributed by atoms with Crippen molar-refractivity contribution in [1.29, 1.82) is 0 Å². The zero-order valence-electron chi connectivity index (χ0n) is 14.4. The summed E-state index contributed by atoms with van der Waals surface area (Å²) in [7, 11) is 0. The Balaban J connectivity index is 1.67. The summed E-state index contributed by atoms with van der Waals surface area (Å²) in [6.07, 6.45) is 4.69. The molecule has 4 rings (SSSR count). The van der Waals surface area contributed by atoms with Gasteiger partial charge in [-0.1, -0.05) is 19.2 Å². The second-order valence-electron chi connectivity index (χ2n) is 6.60. The lowest BCUT2D eigenvalue weighted by Gasteiger charge is -2.13. The highest BCUT2D eigenvalue weighted by atomic mass is 32.1. The van der Waals surface area contributed by atoms with E-state index in [4.69, 9.17) is 5.73 Å². The fourth-order valence-corrected chi connectivity index (χ4v) is 4.88. The van der Waals surface area contributed by atoms with E-state index in [2.05, 4.69) is 34.5 Å². The molecule has 0 saturated heterocycles. The van der Waals surface area contributed by atoms with Crippen LogP contribution in [0.3, 0.4) is 0 Å². The van der Waals surface area contributed by atoms with Crippen LogP contribution in [0.4, 0.5) is 5.00 Å². The lowest BCUT2D eigenvalue weighted by atomic mass is 9.94. The minimum absolute atomic E-state index is 0.634. The van der Waals surface area contributed by atoms with E-state index in [1.54, 1.807) is 11.3 Å². The molecule has 25 heavy (non-hydrogen) atoms. The van der Waals surface area contributed by atoms with Crippen LogP contribution in [0.5, 0.6) is 0 Å². The van der Waals surface area contributed by atoms with Gasteiger partial charge in [0.25, 0.3) is 0 Å². The van der Waals surface area contributed by atoms with Crippen LogP contribution in [0, 0.1) is 6.92 Å². The molecule has 0 radical (unpaired) electrons. The van der Waals surface area contributed by atoms with Gasteiger partial charge in [-0.25, -0.2) is 4.98 Å². The summed E-state index contributed by atoms with van der Waals surface area (Å²) in [5, 5.41) is 4.55. The number of benzene rings is 1. The number of aromatic nitrogens is 2. The molecule has 0 amide bonds. The van der Waals surface area contributed by atoms with Crippen molar-refractivity contribution in [2.45, 2.75) is 32.6 Å². The third kappa shape index (κ3) is 2.85. The van der Waals surface area contributed by atoms with Gasteiger partial charge in [0.1, 0.15) is 10.8 Å². The van der Waals surface area contributed by atoms with Crippen molar-refractivity contribution in [3.05, 3.63) is 58.7 Å². The van der Waals surface area contributed by atoms with Crippen molar-refractivity contribution in [3.63, 3.8) is 0 Å². The Morgan fingerprint density at radius 1 is 1.28 bits per heavy atom. The van der Waals surface area contributed by atoms with Crippen molar-refractivity contribution < 1.29 is 0 Å². The molecule has 5 heteroatoms. The lowest BCUT2D eigenvalue weighted by Crippen LogP contribution is -2.05. The number of H-pyrrole nitrogens is 1. The lowest BCUT2D eigenvalue weighted by molar-refractivity contribution is 0.696. The predicted octanol–water partition coefficient (Wildman–Crippen LogP) is 4.82. The van der Waals surface area contributed by atoms with E-state index in [1.807, 2.05) is 19.1 Å². The number of aromatic amines is 1. The molecule has 0 fully saturated rings. The standard InChI is InChI=1S/C20H22N4S/c1-11(21)19-15-6-4-5-7-18(15)25-20(19)22-12(2)14-8-9-16-17(10-14)24-13(3)23-16/h8-10,22H,1-2,4-7,21H2,3H3,(H,23,24). The molecule has 0 saturated carbocycles. The molecule has 4 N–H and O–H groups in total. The third-order valence-corrected chi connectivity index (χ3v) is 5.91. The van der Waals surface area contributed by atoms with Gasteiger partial charge in [-0.3, -0.25) is 0 Å². The van der Waals surface area contributed by atoms with Gasteiger partial charge < -0.3 is 16.0 Å². The van der Waals surface area contributed by atoms with Crippen LogP contribution in [0.2, 0.25) is 0 Å². The number of aryl methyl sites for hydroxylation is 2. The summed E-state index contributed by atoms with van der Waals surface area (Å²) >= 11 is 1.79. The van der Waals surface area contributed by atoms with Crippen molar-refractivity contribution in [2.24, 2.45) is 5.73 Å². The van der Waals surface area contributed by atoms with E-state index in [1.165, 1.54) is 23.3 Å². The van der Waals surface area contributed by atoms with Gasteiger partial charge in [0.15, 0.2) is 0 Å². The normalized spacial score (nSPS) is 13.6. The van der Waals surface area contributed by atoms with Crippen LogP contribution in [0.1, 0.15) is 40.2 Å². The smallest absolute Gasteiger partial charge is 0.104 e. The zero-order chi connectivity index (χ0) is 17.6. The average Bonchev–Trinajstić information content (AvgIpc) is 3.12. The Morgan fingerprint density at radius 2 is 2.08 bits per heavy atom. The molecule has 0 spiro atoms. The summed E-state index contributed by atoms with van der Waals surface area (Å²) in [5.74, 6) is 0.915. The first-order chi connectivity index (χ1) is 12.0. The first kappa shape index (κ1) is 16.0. The van der Waals surface area contributed by atoms with Gasteiger partial charge in [0.2, 0.25) is 0 Å². The highest BCUT2D eigenvalue weighted by Gasteiger charge is 2.22. The molecule has 1 aliphatic rings. The fraction of sp³-hybridized carbons (Fsp3) is 0.250. The number of nitrogens with one attached hydrogen (secondary N) is 2. The maximum Gasteiger partial charge on any atom is 0.104 e. The SMILES string of the molecule is C=C(Nc1sc2c(c1C(=C)N)CCCC2)c1ccc2nc(C)[nH]c2c1. The number of hydrogen-bond acceptors (Lipinski definition) is 4. The average molecular weight is 350 g/mol. The second kappa shape index (κ2) is 6.08. The molecular weight excluding hydrogens is 328 g/mol. The highest BCUT2D eigenvalue weighted by molar-refractivity contribution is 7.16. The summed E-state index contributed by atoms with van der Waals surface area (Å²) in [6.45, 7) is 10.2. The number of nitrogens with zero attached hydrogens (tertiary/aromatic N) is 1. The molecule has 0 aliphatic heterocycles. The summed E-state index contributed by atoms with van der Waals surface area (Å²) in [6, 6.07) is 6.14. The second-order valence-corrected chi connectivity index (χ2v) is 7.70. The summed E-state index contributed by atoms with van der Waals surface area (Å²) in [5.41, 5.74) is 13.1. The van der Waals surface area contributed by atoms with E-state index in [9.17, 15) is 0 Å². The van der Waals surface area contributed by atoms with Crippen LogP contribution in [0.15, 0.2) is 31.4 Å². The number of nitrogens with two attached hydrogens (primary N) is 1. The molecule has 0 unspecified atom stereocenters. The van der Waals surface area contributed by atoms with Crippen LogP contribution in [-0.4, -0.2) is 9.97 Å². The Morgan fingerprint density at radius 3 is 2.88 bits per heavy atom. The van der Waals surface area contributed by atoms with E-state index >= 15 is 0 Å². The zero-order valence-corrected chi connectivity index (χ0v) is 15.2. The first-order valence-electron chi connectivity index (χ1n) is 8.55. The molecule has 1 aliphatic carbocycles. The Bertz CT molecular complexity index is 993. The Labute approximate surface area is 151 Å². The highest BCUT2D eigenvalue weighted by Crippen LogP contribution is 2.41. The Hall–Kier alpha value is -2.53. The van der Waals surface area contributed by atoms with Crippen LogP contribution < -0.4 is 11.1 Å². The van der Waals surface area contributed by atoms with Gasteiger partial charge in [0.05, 0.1) is 11.0 Å². The van der Waals surface area contributed by atoms with Crippen LogP contribution >= 0.6 is 11.3 Å². The minimum atomic E-state index is 0.634. The number of hydrogen-bond donors (Lipinski definition) is 3. The molecule has 4 nitrogen and oxygen atoms in total. The van der Waals surface area contributed by atoms with Crippen molar-refractivity contribution in [1.82, 2.24) is 9.97 Å². The molecule has 0 bridgehead atoms. The van der Waals surface area contributed by atoms with Gasteiger partial charge in [-0.05, 0) is 55.9 Å². The first-order valence-corrected chi connectivity index (χ1v) is 9.36. The molecule has 0 atom stereocenters. The summed E-state index contributed by atoms with van der Waals surface area (Å²) < 4.78 is 0. The summed E-state index contributed by atoms with van der Waals surface area (Å²) in [4.78, 5) is 9.16. The maximum absolute atomic E-state index is 6.10. The van der Waals surface area contributed by atoms with Gasteiger partial charge >= 0.3 is 0 Å². The van der Waals surface area contributed by atoms with E-state index in [0.717, 1.165) is 51.5 Å². The number of thiophene rings is 1. The largest absolute Gasteiger partial charge is 0.399 e. The number of rotatable bonds is 4. The van der Waals surface area contributed by atoms with Crippen LogP contribution in [0.25, 0.3) is 22.4 Å². The maximum atomic E-state index is 6.10. The molecule has 1 aromatic carbocycles. The van der Waals surface area contributed by atoms with E-state index in [0.29, 0.717) is 5.70 Å². The number of anilines is 1. The topological polar surface area (TPSA) is 66.7 Å². The van der Waals surface area contributed by atoms with Gasteiger partial charge in [-0.15, -0.1) is 11.3 Å². The molecule has 2 heterocycles. The molecular formula is C20H22N4S. The van der Waals surface area contributed by atoms with E-state index < -0.39 is 0 Å². The Kier molecular flexibility index (Phi) is 3.88. The molecule has 128 valence electrons. The van der Waals surface area contributed by atoms with Gasteiger partial charge in [0, 0.05) is 21.8 Å². The van der Waals surface area contributed by atoms with Crippen molar-refractivity contribution in [2.75, 3.05) is 5.32 Å². The minimum Gasteiger partial charge on any atom is -0.399 e. The molecule has 3 aromatic rings. The monoisotopic (exact) mass is 350 g/mol. The number of fused-ring (bicyclic) bond motifs is 2. The van der Waals surface area contributed by atoms with Gasteiger partial charge in [-0.2, -0.15) is 0 Å². The molecule has 2 aromatic heterocycles. The van der Waals surface area contributed by atoms with Crippen molar-refractivity contribution in [3.8, 4) is 0 Å². The third-order valence-electron chi connectivity index (χ3n) is 4.71. The fourth-order valence-electron chi connectivity index (χ4n) is 3.53.